The largest absolute Gasteiger partial charge is 0.497 e. The van der Waals surface area contributed by atoms with Gasteiger partial charge in [-0.2, -0.15) is 0 Å². The van der Waals surface area contributed by atoms with Crippen LogP contribution in [0.5, 0.6) is 5.75 Å². The molecule has 0 bridgehead atoms. The summed E-state index contributed by atoms with van der Waals surface area (Å²) < 4.78 is 11.2. The zero-order valence-electron chi connectivity index (χ0n) is 17.4. The number of amides is 1. The van der Waals surface area contributed by atoms with Crippen LogP contribution in [-0.2, 0) is 0 Å². The minimum absolute atomic E-state index is 0.221. The van der Waals surface area contributed by atoms with Gasteiger partial charge in [-0.05, 0) is 47.9 Å². The minimum Gasteiger partial charge on any atom is -0.497 e. The quantitative estimate of drug-likeness (QED) is 0.356. The highest BCUT2D eigenvalue weighted by Gasteiger charge is 2.18. The number of fused-ring (bicyclic) bond motifs is 1. The Morgan fingerprint density at radius 3 is 2.47 bits per heavy atom. The van der Waals surface area contributed by atoms with E-state index < -0.39 is 0 Å². The topological polar surface area (TPSA) is 64.4 Å². The highest BCUT2D eigenvalue weighted by molar-refractivity contribution is 6.11. The Balaban J connectivity index is 1.46. The Morgan fingerprint density at radius 1 is 0.875 bits per heavy atom. The second kappa shape index (κ2) is 8.40. The highest BCUT2D eigenvalue weighted by atomic mass is 16.5. The lowest BCUT2D eigenvalue weighted by atomic mass is 10.1. The molecule has 0 saturated carbocycles. The number of methoxy groups -OCH3 is 1. The number of hydrogen-bond acceptors (Lipinski definition) is 4. The van der Waals surface area contributed by atoms with Gasteiger partial charge in [0.25, 0.3) is 5.91 Å². The summed E-state index contributed by atoms with van der Waals surface area (Å²) in [6.45, 7) is 0. The van der Waals surface area contributed by atoms with E-state index in [1.54, 1.807) is 19.4 Å². The number of benzene rings is 4. The molecule has 0 spiro atoms. The van der Waals surface area contributed by atoms with E-state index in [-0.39, 0.29) is 5.91 Å². The van der Waals surface area contributed by atoms with Crippen molar-refractivity contribution in [1.82, 2.24) is 4.98 Å². The molecule has 5 heteroatoms. The first-order chi connectivity index (χ1) is 15.7. The molecule has 32 heavy (non-hydrogen) atoms. The molecule has 0 fully saturated rings. The molecular weight excluding hydrogens is 400 g/mol. The third-order valence-electron chi connectivity index (χ3n) is 5.32. The maximum absolute atomic E-state index is 13.2. The number of nitrogens with zero attached hydrogens (tertiary/aromatic N) is 1. The molecule has 1 N–H and O–H groups in total. The van der Waals surface area contributed by atoms with E-state index >= 15 is 0 Å². The van der Waals surface area contributed by atoms with Crippen molar-refractivity contribution in [1.29, 1.82) is 0 Å². The molecule has 1 aromatic heterocycles. The normalized spacial score (nSPS) is 10.8. The summed E-state index contributed by atoms with van der Waals surface area (Å²) in [7, 11) is 1.63. The fourth-order valence-corrected chi connectivity index (χ4v) is 3.68. The average Bonchev–Trinajstić information content (AvgIpc) is 3.34. The van der Waals surface area contributed by atoms with Gasteiger partial charge in [0.05, 0.1) is 18.9 Å². The number of aromatic nitrogens is 1. The van der Waals surface area contributed by atoms with Gasteiger partial charge in [-0.1, -0.05) is 48.5 Å². The van der Waals surface area contributed by atoms with E-state index in [9.17, 15) is 4.79 Å². The Morgan fingerprint density at radius 2 is 1.62 bits per heavy atom. The third kappa shape index (κ3) is 3.72. The van der Waals surface area contributed by atoms with Gasteiger partial charge in [-0.3, -0.25) is 4.79 Å². The predicted octanol–water partition coefficient (Wildman–Crippen LogP) is 6.42. The molecule has 0 saturated heterocycles. The fourth-order valence-electron chi connectivity index (χ4n) is 3.68. The van der Waals surface area contributed by atoms with Crippen molar-refractivity contribution in [2.75, 3.05) is 12.4 Å². The van der Waals surface area contributed by atoms with Crippen LogP contribution in [0, 0.1) is 0 Å². The van der Waals surface area contributed by atoms with Crippen molar-refractivity contribution in [2.45, 2.75) is 0 Å². The molecule has 0 atom stereocenters. The number of hydrogen-bond donors (Lipinski definition) is 1. The molecular formula is C27H20N2O3. The Kier molecular flexibility index (Phi) is 5.14. The first-order valence-corrected chi connectivity index (χ1v) is 10.2. The van der Waals surface area contributed by atoms with Crippen LogP contribution in [-0.4, -0.2) is 18.0 Å². The van der Waals surface area contributed by atoms with Crippen molar-refractivity contribution < 1.29 is 13.9 Å². The molecule has 0 aliphatic carbocycles. The number of rotatable bonds is 5. The number of nitrogens with one attached hydrogen (secondary N) is 1. The van der Waals surface area contributed by atoms with Crippen molar-refractivity contribution in [2.24, 2.45) is 0 Å². The smallest absolute Gasteiger partial charge is 0.256 e. The highest BCUT2D eigenvalue weighted by Crippen LogP contribution is 2.30. The van der Waals surface area contributed by atoms with Gasteiger partial charge < -0.3 is 14.5 Å². The second-order valence-corrected chi connectivity index (χ2v) is 7.28. The van der Waals surface area contributed by atoms with Crippen LogP contribution in [0.1, 0.15) is 10.4 Å². The van der Waals surface area contributed by atoms with Crippen molar-refractivity contribution in [3.05, 3.63) is 103 Å². The lowest BCUT2D eigenvalue weighted by Gasteiger charge is -2.10. The van der Waals surface area contributed by atoms with Crippen LogP contribution >= 0.6 is 0 Å². The molecule has 5 nitrogen and oxygen atoms in total. The molecule has 4 aromatic carbocycles. The van der Waals surface area contributed by atoms with E-state index in [0.29, 0.717) is 22.8 Å². The molecule has 0 radical (unpaired) electrons. The predicted molar refractivity (Wildman–Crippen MR) is 126 cm³/mol. The molecule has 1 amide bonds. The van der Waals surface area contributed by atoms with Gasteiger partial charge >= 0.3 is 0 Å². The summed E-state index contributed by atoms with van der Waals surface area (Å²) in [4.78, 5) is 17.6. The van der Waals surface area contributed by atoms with Crippen LogP contribution in [0.4, 0.5) is 5.69 Å². The number of ether oxygens (including phenoxy) is 1. The molecule has 0 aliphatic heterocycles. The van der Waals surface area contributed by atoms with Crippen molar-refractivity contribution in [3.63, 3.8) is 0 Å². The summed E-state index contributed by atoms with van der Waals surface area (Å²) in [5, 5.41) is 5.09. The van der Waals surface area contributed by atoms with Gasteiger partial charge in [0.2, 0.25) is 5.89 Å². The molecule has 0 aliphatic rings. The van der Waals surface area contributed by atoms with E-state index in [0.717, 1.165) is 27.8 Å². The molecule has 5 rings (SSSR count). The molecule has 0 unspecified atom stereocenters. The Bertz CT molecular complexity index is 1400. The van der Waals surface area contributed by atoms with Gasteiger partial charge in [0.15, 0.2) is 5.76 Å². The summed E-state index contributed by atoms with van der Waals surface area (Å²) in [5.74, 6) is 1.55. The Hall–Kier alpha value is -4.38. The Labute approximate surface area is 185 Å². The zero-order chi connectivity index (χ0) is 21.9. The van der Waals surface area contributed by atoms with Crippen LogP contribution in [0.25, 0.3) is 33.6 Å². The maximum atomic E-state index is 13.2. The van der Waals surface area contributed by atoms with Crippen molar-refractivity contribution in [3.8, 4) is 28.5 Å². The SMILES string of the molecule is COc1ccc(-c2cnc(-c3ccccc3C(=O)Nc3cccc4ccccc34)o2)cc1. The van der Waals surface area contributed by atoms with Crippen LogP contribution in [0.2, 0.25) is 0 Å². The van der Waals surface area contributed by atoms with Crippen LogP contribution in [0.3, 0.4) is 0 Å². The van der Waals surface area contributed by atoms with Gasteiger partial charge in [-0.15, -0.1) is 0 Å². The standard InChI is InChI=1S/C27H20N2O3/c1-31-20-15-13-19(14-16-20)25-17-28-27(32-25)23-11-5-4-10-22(23)26(30)29-24-12-6-8-18-7-2-3-9-21(18)24/h2-17H,1H3,(H,29,30). The summed E-state index contributed by atoms with van der Waals surface area (Å²) >= 11 is 0. The monoisotopic (exact) mass is 420 g/mol. The third-order valence-corrected chi connectivity index (χ3v) is 5.32. The van der Waals surface area contributed by atoms with E-state index in [4.69, 9.17) is 9.15 Å². The zero-order valence-corrected chi connectivity index (χ0v) is 17.4. The summed E-state index contributed by atoms with van der Waals surface area (Å²) in [6, 6.07) is 28.6. The van der Waals surface area contributed by atoms with Crippen LogP contribution in [0.15, 0.2) is 102 Å². The van der Waals surface area contributed by atoms with Gasteiger partial charge in [0, 0.05) is 22.2 Å². The average molecular weight is 420 g/mol. The molecule has 5 aromatic rings. The van der Waals surface area contributed by atoms with E-state index in [1.807, 2.05) is 84.9 Å². The van der Waals surface area contributed by atoms with E-state index in [2.05, 4.69) is 10.3 Å². The number of anilines is 1. The lowest BCUT2D eigenvalue weighted by molar-refractivity contribution is 0.102. The molecule has 156 valence electrons. The van der Waals surface area contributed by atoms with E-state index in [1.165, 1.54) is 0 Å². The number of carbonyl (C=O) groups is 1. The summed E-state index contributed by atoms with van der Waals surface area (Å²) in [5.41, 5.74) is 2.75. The van der Waals surface area contributed by atoms with Gasteiger partial charge in [0.1, 0.15) is 5.75 Å². The van der Waals surface area contributed by atoms with Gasteiger partial charge in [-0.25, -0.2) is 4.98 Å². The maximum Gasteiger partial charge on any atom is 0.256 e. The number of carbonyl (C=O) groups excluding carboxylic acids is 1. The minimum atomic E-state index is -0.221. The van der Waals surface area contributed by atoms with Crippen LogP contribution < -0.4 is 10.1 Å². The number of oxazole rings is 1. The second-order valence-electron chi connectivity index (χ2n) is 7.28. The first kappa shape index (κ1) is 19.6. The summed E-state index contributed by atoms with van der Waals surface area (Å²) in [6.07, 6.45) is 1.66. The lowest BCUT2D eigenvalue weighted by Crippen LogP contribution is -2.13. The van der Waals surface area contributed by atoms with Crippen molar-refractivity contribution >= 4 is 22.4 Å². The first-order valence-electron chi connectivity index (χ1n) is 10.2. The fraction of sp³-hybridized carbons (Fsp3) is 0.0370. The molecule has 1 heterocycles.